The number of rotatable bonds is 3. The number of anilines is 1. The van der Waals surface area contributed by atoms with Gasteiger partial charge in [-0.15, -0.1) is 0 Å². The van der Waals surface area contributed by atoms with Crippen LogP contribution in [0.5, 0.6) is 0 Å². The number of hydrogen-bond acceptors (Lipinski definition) is 4. The van der Waals surface area contributed by atoms with Crippen molar-refractivity contribution in [2.45, 2.75) is 6.42 Å². The Morgan fingerprint density at radius 2 is 1.75 bits per heavy atom. The summed E-state index contributed by atoms with van der Waals surface area (Å²) < 4.78 is 0. The first kappa shape index (κ1) is 15.2. The van der Waals surface area contributed by atoms with Crippen molar-refractivity contribution in [1.82, 2.24) is 4.90 Å². The van der Waals surface area contributed by atoms with Crippen LogP contribution < -0.4 is 15.0 Å². The highest BCUT2D eigenvalue weighted by molar-refractivity contribution is 5.86. The van der Waals surface area contributed by atoms with E-state index in [2.05, 4.69) is 9.88 Å². The molecule has 2 heterocycles. The first-order valence-electron chi connectivity index (χ1n) is 8.55. The van der Waals surface area contributed by atoms with Crippen molar-refractivity contribution >= 4 is 17.7 Å². The molecule has 126 valence electrons. The average molecular weight is 327 g/mol. The van der Waals surface area contributed by atoms with E-state index in [1.54, 1.807) is 0 Å². The fourth-order valence-corrected chi connectivity index (χ4v) is 4.44. The van der Waals surface area contributed by atoms with E-state index in [0.29, 0.717) is 13.1 Å². The van der Waals surface area contributed by atoms with Crippen molar-refractivity contribution in [1.29, 1.82) is 0 Å². The highest BCUT2D eigenvalue weighted by atomic mass is 16.4. The van der Waals surface area contributed by atoms with Crippen LogP contribution in [-0.4, -0.2) is 43.0 Å². The second kappa shape index (κ2) is 5.92. The number of hydrogen-bond donors (Lipinski definition) is 0. The van der Waals surface area contributed by atoms with E-state index in [4.69, 9.17) is 0 Å². The number of fused-ring (bicyclic) bond motifs is 2. The molecule has 1 aliphatic heterocycles. The third-order valence-electron chi connectivity index (χ3n) is 5.64. The van der Waals surface area contributed by atoms with Gasteiger partial charge in [-0.2, -0.15) is 0 Å². The number of aliphatic carboxylic acids is 1. The van der Waals surface area contributed by atoms with Crippen molar-refractivity contribution in [2.24, 2.45) is 23.7 Å². The standard InChI is InChI=1S/C18H21N3O3/c22-17(15-12-4-5-13(11-12)16(15)18(23)24)21-9-7-20(8-10-21)14-3-1-2-6-19-14/h1-6,12-13,15-16H,7-11H2,(H,23,24)/t12-,13+,15+,16+/m1/s1. The summed E-state index contributed by atoms with van der Waals surface area (Å²) in [5.41, 5.74) is 0. The summed E-state index contributed by atoms with van der Waals surface area (Å²) in [5.74, 6) is -1.13. The van der Waals surface area contributed by atoms with E-state index in [1.807, 2.05) is 41.4 Å². The fraction of sp³-hybridized carbons (Fsp3) is 0.500. The fourth-order valence-electron chi connectivity index (χ4n) is 4.44. The Morgan fingerprint density at radius 1 is 1.04 bits per heavy atom. The monoisotopic (exact) mass is 327 g/mol. The maximum Gasteiger partial charge on any atom is 0.274 e. The lowest BCUT2D eigenvalue weighted by molar-refractivity contribution is -0.364. The maximum atomic E-state index is 12.9. The van der Waals surface area contributed by atoms with Crippen LogP contribution >= 0.6 is 0 Å². The number of aromatic amines is 1. The number of carbonyl (C=O) groups excluding carboxylic acids is 2. The lowest BCUT2D eigenvalue weighted by atomic mass is 9.82. The first-order chi connectivity index (χ1) is 11.6. The topological polar surface area (TPSA) is 77.8 Å². The molecule has 0 spiro atoms. The molecule has 1 aromatic rings. The summed E-state index contributed by atoms with van der Waals surface area (Å²) in [4.78, 5) is 31.7. The number of allylic oxidation sites excluding steroid dienone is 2. The van der Waals surface area contributed by atoms with Gasteiger partial charge in [-0.3, -0.25) is 9.69 Å². The number of H-pyrrole nitrogens is 1. The second-order valence-electron chi connectivity index (χ2n) is 6.88. The van der Waals surface area contributed by atoms with Crippen molar-refractivity contribution < 1.29 is 19.7 Å². The van der Waals surface area contributed by atoms with Gasteiger partial charge in [0, 0.05) is 18.0 Å². The summed E-state index contributed by atoms with van der Waals surface area (Å²) in [5, 5.41) is 11.5. The van der Waals surface area contributed by atoms with Crippen molar-refractivity contribution in [2.75, 3.05) is 31.1 Å². The van der Waals surface area contributed by atoms with Crippen molar-refractivity contribution in [3.05, 3.63) is 36.5 Å². The molecular formula is C18H21N3O3. The van der Waals surface area contributed by atoms with Crippen LogP contribution in [0.1, 0.15) is 6.42 Å². The molecule has 1 N–H and O–H groups in total. The SMILES string of the molecule is O=C([O-])[C@@H]1[C@@H](C(=O)N2CCN(c3cccc[nH+]3)CC2)[C@@H]2C=C[C@H]1C2. The molecule has 4 rings (SSSR count). The largest absolute Gasteiger partial charge is 0.550 e. The van der Waals surface area contributed by atoms with Gasteiger partial charge in [-0.1, -0.05) is 18.2 Å². The minimum absolute atomic E-state index is 0.0160. The van der Waals surface area contributed by atoms with Gasteiger partial charge in [-0.25, -0.2) is 4.98 Å². The molecule has 0 aromatic carbocycles. The minimum atomic E-state index is -1.08. The van der Waals surface area contributed by atoms with Crippen LogP contribution in [0.15, 0.2) is 36.5 Å². The number of carbonyl (C=O) groups is 2. The minimum Gasteiger partial charge on any atom is -0.550 e. The Bertz CT molecular complexity index is 667. The van der Waals surface area contributed by atoms with Crippen LogP contribution in [0.2, 0.25) is 0 Å². The van der Waals surface area contributed by atoms with E-state index in [-0.39, 0.29) is 17.7 Å². The second-order valence-corrected chi connectivity index (χ2v) is 6.88. The van der Waals surface area contributed by atoms with Crippen molar-refractivity contribution in [3.8, 4) is 0 Å². The van der Waals surface area contributed by atoms with Crippen LogP contribution in [0.4, 0.5) is 5.82 Å². The van der Waals surface area contributed by atoms with Gasteiger partial charge in [0.05, 0.1) is 25.2 Å². The number of piperazine rings is 1. The highest BCUT2D eigenvalue weighted by Gasteiger charge is 2.50. The molecule has 0 unspecified atom stereocenters. The van der Waals surface area contributed by atoms with Crippen LogP contribution in [0, 0.1) is 23.7 Å². The first-order valence-corrected chi connectivity index (χ1v) is 8.55. The molecule has 1 amide bonds. The van der Waals surface area contributed by atoms with Gasteiger partial charge >= 0.3 is 0 Å². The number of aromatic nitrogens is 1. The molecular weight excluding hydrogens is 306 g/mol. The van der Waals surface area contributed by atoms with Gasteiger partial charge in [0.25, 0.3) is 5.82 Å². The third kappa shape index (κ3) is 2.46. The maximum absolute atomic E-state index is 12.9. The molecule has 2 bridgehead atoms. The highest BCUT2D eigenvalue weighted by Crippen LogP contribution is 2.48. The molecule has 1 saturated carbocycles. The Balaban J connectivity index is 1.43. The molecule has 3 aliphatic rings. The van der Waals surface area contributed by atoms with Gasteiger partial charge < -0.3 is 14.8 Å². The third-order valence-corrected chi connectivity index (χ3v) is 5.64. The number of carboxylic acids is 1. The number of carboxylic acid groups (broad SMARTS) is 1. The number of amides is 1. The molecule has 2 aliphatic carbocycles. The van der Waals surface area contributed by atoms with Crippen molar-refractivity contribution in [3.63, 3.8) is 0 Å². The molecule has 2 fully saturated rings. The zero-order chi connectivity index (χ0) is 16.7. The predicted molar refractivity (Wildman–Crippen MR) is 84.5 cm³/mol. The Morgan fingerprint density at radius 3 is 2.38 bits per heavy atom. The van der Waals surface area contributed by atoms with E-state index < -0.39 is 17.8 Å². The Hall–Kier alpha value is -2.37. The van der Waals surface area contributed by atoms with E-state index in [1.165, 1.54) is 0 Å². The summed E-state index contributed by atoms with van der Waals surface area (Å²) in [6, 6.07) is 5.94. The van der Waals surface area contributed by atoms with Gasteiger partial charge in [0.2, 0.25) is 5.91 Å². The summed E-state index contributed by atoms with van der Waals surface area (Å²) in [6.45, 7) is 2.75. The number of pyridine rings is 1. The molecule has 6 nitrogen and oxygen atoms in total. The van der Waals surface area contributed by atoms with Gasteiger partial charge in [-0.05, 0) is 24.3 Å². The Labute approximate surface area is 140 Å². The van der Waals surface area contributed by atoms with E-state index >= 15 is 0 Å². The number of nitrogens with one attached hydrogen (secondary N) is 1. The normalized spacial score (nSPS) is 31.5. The summed E-state index contributed by atoms with van der Waals surface area (Å²) >= 11 is 0. The summed E-state index contributed by atoms with van der Waals surface area (Å²) in [6.07, 6.45) is 6.62. The molecule has 1 aromatic heterocycles. The number of nitrogens with zero attached hydrogens (tertiary/aromatic N) is 2. The molecule has 0 radical (unpaired) electrons. The molecule has 24 heavy (non-hydrogen) atoms. The molecule has 4 atom stereocenters. The lowest BCUT2D eigenvalue weighted by Gasteiger charge is -2.36. The molecule has 1 saturated heterocycles. The zero-order valence-electron chi connectivity index (χ0n) is 13.4. The van der Waals surface area contributed by atoms with Gasteiger partial charge in [0.1, 0.15) is 13.1 Å². The Kier molecular flexibility index (Phi) is 3.75. The van der Waals surface area contributed by atoms with E-state index in [0.717, 1.165) is 25.3 Å². The van der Waals surface area contributed by atoms with E-state index in [9.17, 15) is 14.7 Å². The smallest absolute Gasteiger partial charge is 0.274 e. The quantitative estimate of drug-likeness (QED) is 0.691. The van der Waals surface area contributed by atoms with Crippen LogP contribution in [0.3, 0.4) is 0 Å². The van der Waals surface area contributed by atoms with Crippen LogP contribution in [-0.2, 0) is 9.59 Å². The summed E-state index contributed by atoms with van der Waals surface area (Å²) in [7, 11) is 0. The van der Waals surface area contributed by atoms with Gasteiger partial charge in [0.15, 0.2) is 0 Å². The molecule has 6 heteroatoms. The lowest BCUT2D eigenvalue weighted by Crippen LogP contribution is -2.53. The average Bonchev–Trinajstić information content (AvgIpc) is 3.23. The van der Waals surface area contributed by atoms with Crippen LogP contribution in [0.25, 0.3) is 0 Å². The predicted octanol–water partition coefficient (Wildman–Crippen LogP) is -0.662. The zero-order valence-corrected chi connectivity index (χ0v) is 13.4.